The Bertz CT molecular complexity index is 288. The Balaban J connectivity index is 2.18. The molecule has 0 radical (unpaired) electrons. The van der Waals surface area contributed by atoms with E-state index in [0.29, 0.717) is 12.5 Å². The maximum absolute atomic E-state index is 11.5. The molecule has 1 amide bonds. The van der Waals surface area contributed by atoms with Crippen LogP contribution in [0.2, 0.25) is 0 Å². The topological polar surface area (TPSA) is 55.4 Å². The highest BCUT2D eigenvalue weighted by Crippen LogP contribution is 2.25. The van der Waals surface area contributed by atoms with Gasteiger partial charge in [-0.15, -0.1) is 0 Å². The van der Waals surface area contributed by atoms with Crippen molar-refractivity contribution >= 4 is 11.9 Å². The normalized spacial score (nSPS) is 17.3. The third kappa shape index (κ3) is 6.03. The van der Waals surface area contributed by atoms with Gasteiger partial charge in [-0.3, -0.25) is 4.79 Å². The molecule has 104 valence electrons. The number of hydrogen-bond acceptors (Lipinski definition) is 3. The highest BCUT2D eigenvalue weighted by Gasteiger charge is 2.22. The quantitative estimate of drug-likeness (QED) is 0.622. The van der Waals surface area contributed by atoms with E-state index in [4.69, 9.17) is 4.74 Å². The molecule has 0 spiro atoms. The molecule has 0 unspecified atom stereocenters. The molecular weight excluding hydrogens is 230 g/mol. The van der Waals surface area contributed by atoms with Crippen LogP contribution in [0.15, 0.2) is 0 Å². The van der Waals surface area contributed by atoms with Crippen molar-refractivity contribution in [2.24, 2.45) is 5.92 Å². The van der Waals surface area contributed by atoms with Crippen LogP contribution in [0.4, 0.5) is 0 Å². The number of ether oxygens (including phenoxy) is 1. The number of amides is 1. The molecule has 0 aromatic heterocycles. The van der Waals surface area contributed by atoms with E-state index in [1.807, 2.05) is 0 Å². The Labute approximate surface area is 109 Å². The molecule has 0 aliphatic heterocycles. The molecule has 0 heterocycles. The monoisotopic (exact) mass is 255 g/mol. The minimum atomic E-state index is -0.786. The second-order valence-corrected chi connectivity index (χ2v) is 6.05. The first kappa shape index (κ1) is 15.0. The molecule has 0 aromatic carbocycles. The lowest BCUT2D eigenvalue weighted by Gasteiger charge is -2.22. The number of rotatable bonds is 3. The van der Waals surface area contributed by atoms with Crippen LogP contribution in [0.5, 0.6) is 0 Å². The molecule has 1 aliphatic rings. The molecule has 0 atom stereocenters. The molecule has 18 heavy (non-hydrogen) atoms. The molecule has 4 nitrogen and oxygen atoms in total. The van der Waals surface area contributed by atoms with Gasteiger partial charge in [0.2, 0.25) is 0 Å². The summed E-state index contributed by atoms with van der Waals surface area (Å²) in [5, 5.41) is 2.64. The number of carbonyl (C=O) groups excluding carboxylic acids is 2. The van der Waals surface area contributed by atoms with Gasteiger partial charge in [-0.1, -0.05) is 32.1 Å². The standard InChI is InChI=1S/C14H25NO3/c1-14(2,3)18-13(17)12(16)15-10-9-11-7-5-4-6-8-11/h11H,4-10H2,1-3H3,(H,15,16). The van der Waals surface area contributed by atoms with Crippen molar-refractivity contribution in [3.8, 4) is 0 Å². The minimum absolute atomic E-state index is 0.572. The number of esters is 1. The van der Waals surface area contributed by atoms with Gasteiger partial charge in [0.15, 0.2) is 0 Å². The highest BCUT2D eigenvalue weighted by molar-refractivity contribution is 6.32. The summed E-state index contributed by atoms with van der Waals surface area (Å²) >= 11 is 0. The zero-order chi connectivity index (χ0) is 13.6. The van der Waals surface area contributed by atoms with Crippen LogP contribution in [0.3, 0.4) is 0 Å². The van der Waals surface area contributed by atoms with Gasteiger partial charge < -0.3 is 10.1 Å². The van der Waals surface area contributed by atoms with E-state index < -0.39 is 17.5 Å². The van der Waals surface area contributed by atoms with E-state index in [2.05, 4.69) is 5.32 Å². The van der Waals surface area contributed by atoms with Crippen LogP contribution >= 0.6 is 0 Å². The Morgan fingerprint density at radius 2 is 1.78 bits per heavy atom. The Hall–Kier alpha value is -1.06. The second kappa shape index (κ2) is 6.76. The second-order valence-electron chi connectivity index (χ2n) is 6.05. The SMILES string of the molecule is CC(C)(C)OC(=O)C(=O)NCCC1CCCCC1. The summed E-state index contributed by atoms with van der Waals surface area (Å²) in [6, 6.07) is 0. The van der Waals surface area contributed by atoms with E-state index in [1.165, 1.54) is 32.1 Å². The Morgan fingerprint density at radius 3 is 2.33 bits per heavy atom. The minimum Gasteiger partial charge on any atom is -0.453 e. The molecule has 0 bridgehead atoms. The summed E-state index contributed by atoms with van der Waals surface area (Å²) in [6.45, 7) is 5.82. The third-order valence-electron chi connectivity index (χ3n) is 3.15. The summed E-state index contributed by atoms with van der Waals surface area (Å²) in [5.74, 6) is -0.704. The maximum atomic E-state index is 11.5. The largest absolute Gasteiger partial charge is 0.453 e. The van der Waals surface area contributed by atoms with Crippen LogP contribution in [-0.2, 0) is 14.3 Å². The molecule has 1 fully saturated rings. The number of hydrogen-bond donors (Lipinski definition) is 1. The molecule has 1 rings (SSSR count). The molecule has 4 heteroatoms. The molecular formula is C14H25NO3. The number of carbonyl (C=O) groups is 2. The predicted octanol–water partition coefficient (Wildman–Crippen LogP) is 2.41. The molecule has 0 saturated heterocycles. The van der Waals surface area contributed by atoms with Crippen molar-refractivity contribution in [1.82, 2.24) is 5.32 Å². The lowest BCUT2D eigenvalue weighted by molar-refractivity contribution is -0.163. The Kier molecular flexibility index (Phi) is 5.63. The van der Waals surface area contributed by atoms with E-state index in [-0.39, 0.29) is 0 Å². The van der Waals surface area contributed by atoms with Crippen LogP contribution in [0.1, 0.15) is 59.3 Å². The van der Waals surface area contributed by atoms with Crippen molar-refractivity contribution in [3.63, 3.8) is 0 Å². The van der Waals surface area contributed by atoms with Crippen molar-refractivity contribution < 1.29 is 14.3 Å². The summed E-state index contributed by atoms with van der Waals surface area (Å²) in [6.07, 6.45) is 7.40. The molecule has 1 aliphatic carbocycles. The predicted molar refractivity (Wildman–Crippen MR) is 70.0 cm³/mol. The summed E-state index contributed by atoms with van der Waals surface area (Å²) < 4.78 is 4.99. The van der Waals surface area contributed by atoms with Gasteiger partial charge >= 0.3 is 11.9 Å². The highest BCUT2D eigenvalue weighted by atomic mass is 16.6. The zero-order valence-corrected chi connectivity index (χ0v) is 11.8. The van der Waals surface area contributed by atoms with Crippen molar-refractivity contribution in [2.75, 3.05) is 6.54 Å². The Morgan fingerprint density at radius 1 is 1.17 bits per heavy atom. The summed E-state index contributed by atoms with van der Waals surface area (Å²) in [7, 11) is 0. The fraction of sp³-hybridized carbons (Fsp3) is 0.857. The van der Waals surface area contributed by atoms with Crippen LogP contribution in [0.25, 0.3) is 0 Å². The molecule has 1 N–H and O–H groups in total. The smallest absolute Gasteiger partial charge is 0.397 e. The number of nitrogens with one attached hydrogen (secondary N) is 1. The van der Waals surface area contributed by atoms with Gasteiger partial charge in [0.1, 0.15) is 5.60 Å². The van der Waals surface area contributed by atoms with E-state index in [0.717, 1.165) is 6.42 Å². The summed E-state index contributed by atoms with van der Waals surface area (Å²) in [4.78, 5) is 22.9. The van der Waals surface area contributed by atoms with Gasteiger partial charge in [-0.05, 0) is 33.1 Å². The van der Waals surface area contributed by atoms with Crippen molar-refractivity contribution in [1.29, 1.82) is 0 Å². The zero-order valence-electron chi connectivity index (χ0n) is 11.8. The first-order valence-corrected chi connectivity index (χ1v) is 6.89. The van der Waals surface area contributed by atoms with Gasteiger partial charge in [0.25, 0.3) is 0 Å². The third-order valence-corrected chi connectivity index (χ3v) is 3.15. The average molecular weight is 255 g/mol. The maximum Gasteiger partial charge on any atom is 0.397 e. The van der Waals surface area contributed by atoms with Crippen molar-refractivity contribution in [2.45, 2.75) is 64.9 Å². The lowest BCUT2D eigenvalue weighted by atomic mass is 9.87. The van der Waals surface area contributed by atoms with Crippen LogP contribution in [0, 0.1) is 5.92 Å². The fourth-order valence-electron chi connectivity index (χ4n) is 2.26. The summed E-state index contributed by atoms with van der Waals surface area (Å²) in [5.41, 5.74) is -0.613. The van der Waals surface area contributed by atoms with E-state index >= 15 is 0 Å². The van der Waals surface area contributed by atoms with E-state index in [1.54, 1.807) is 20.8 Å². The average Bonchev–Trinajstić information content (AvgIpc) is 2.28. The van der Waals surface area contributed by atoms with Gasteiger partial charge in [0, 0.05) is 6.54 Å². The van der Waals surface area contributed by atoms with Gasteiger partial charge in [0.05, 0.1) is 0 Å². The van der Waals surface area contributed by atoms with Gasteiger partial charge in [-0.25, -0.2) is 4.79 Å². The van der Waals surface area contributed by atoms with Gasteiger partial charge in [-0.2, -0.15) is 0 Å². The first-order valence-electron chi connectivity index (χ1n) is 6.89. The fourth-order valence-corrected chi connectivity index (χ4v) is 2.26. The first-order chi connectivity index (χ1) is 8.38. The molecule has 1 saturated carbocycles. The van der Waals surface area contributed by atoms with Crippen LogP contribution < -0.4 is 5.32 Å². The van der Waals surface area contributed by atoms with Crippen molar-refractivity contribution in [3.05, 3.63) is 0 Å². The van der Waals surface area contributed by atoms with E-state index in [9.17, 15) is 9.59 Å². The molecule has 0 aromatic rings. The van der Waals surface area contributed by atoms with Crippen LogP contribution in [-0.4, -0.2) is 24.0 Å². The lowest BCUT2D eigenvalue weighted by Crippen LogP contribution is -2.37.